The van der Waals surface area contributed by atoms with Crippen molar-refractivity contribution < 1.29 is 9.53 Å². The molecule has 1 aliphatic carbocycles. The summed E-state index contributed by atoms with van der Waals surface area (Å²) in [7, 11) is 1.57. The SMILES string of the molecule is COc1ccc(C(=O)CNC2CC2)c(Cl)c1. The van der Waals surface area contributed by atoms with Crippen LogP contribution >= 0.6 is 11.6 Å². The zero-order valence-corrected chi connectivity index (χ0v) is 9.88. The molecule has 0 aromatic heterocycles. The number of Topliss-reactive ketones (excluding diaryl/α,β-unsaturated/α-hetero) is 1. The van der Waals surface area contributed by atoms with Gasteiger partial charge in [-0.1, -0.05) is 11.6 Å². The number of methoxy groups -OCH3 is 1. The van der Waals surface area contributed by atoms with Crippen molar-refractivity contribution in [2.24, 2.45) is 0 Å². The summed E-state index contributed by atoms with van der Waals surface area (Å²) in [6, 6.07) is 5.64. The summed E-state index contributed by atoms with van der Waals surface area (Å²) in [6.45, 7) is 0.358. The summed E-state index contributed by atoms with van der Waals surface area (Å²) < 4.78 is 5.03. The molecule has 0 amide bonds. The maximum atomic E-state index is 11.8. The first kappa shape index (κ1) is 11.4. The van der Waals surface area contributed by atoms with Crippen LogP contribution in [0.4, 0.5) is 0 Å². The maximum absolute atomic E-state index is 11.8. The van der Waals surface area contributed by atoms with E-state index in [0.29, 0.717) is 28.9 Å². The van der Waals surface area contributed by atoms with E-state index in [1.165, 1.54) is 12.8 Å². The standard InChI is InChI=1S/C12H14ClNO2/c1-16-9-4-5-10(11(13)6-9)12(15)7-14-8-2-3-8/h4-6,8,14H,2-3,7H2,1H3. The second-order valence-corrected chi connectivity index (χ2v) is 4.33. The predicted molar refractivity (Wildman–Crippen MR) is 63.4 cm³/mol. The Morgan fingerprint density at radius 1 is 1.56 bits per heavy atom. The lowest BCUT2D eigenvalue weighted by atomic mass is 10.1. The number of hydrogen-bond acceptors (Lipinski definition) is 3. The van der Waals surface area contributed by atoms with E-state index in [0.717, 1.165) is 0 Å². The summed E-state index contributed by atoms with van der Waals surface area (Å²) in [5.41, 5.74) is 0.551. The molecule has 86 valence electrons. The second-order valence-electron chi connectivity index (χ2n) is 3.92. The lowest BCUT2D eigenvalue weighted by molar-refractivity contribution is 0.0990. The van der Waals surface area contributed by atoms with Crippen LogP contribution in [0.3, 0.4) is 0 Å². The van der Waals surface area contributed by atoms with Crippen LogP contribution in [0.25, 0.3) is 0 Å². The molecule has 1 N–H and O–H groups in total. The number of hydrogen-bond donors (Lipinski definition) is 1. The van der Waals surface area contributed by atoms with Gasteiger partial charge in [-0.15, -0.1) is 0 Å². The fraction of sp³-hybridized carbons (Fsp3) is 0.417. The second kappa shape index (κ2) is 4.85. The minimum atomic E-state index is 0.0274. The number of ether oxygens (including phenoxy) is 1. The van der Waals surface area contributed by atoms with Gasteiger partial charge >= 0.3 is 0 Å². The third-order valence-electron chi connectivity index (χ3n) is 2.61. The fourth-order valence-electron chi connectivity index (χ4n) is 1.47. The van der Waals surface area contributed by atoms with E-state index < -0.39 is 0 Å². The Labute approximate surface area is 99.7 Å². The molecule has 1 fully saturated rings. The minimum absolute atomic E-state index is 0.0274. The molecular weight excluding hydrogens is 226 g/mol. The van der Waals surface area contributed by atoms with Gasteiger partial charge in [-0.25, -0.2) is 0 Å². The minimum Gasteiger partial charge on any atom is -0.497 e. The largest absolute Gasteiger partial charge is 0.497 e. The van der Waals surface area contributed by atoms with Crippen molar-refractivity contribution in [1.82, 2.24) is 5.32 Å². The molecule has 0 atom stereocenters. The number of rotatable bonds is 5. The predicted octanol–water partition coefficient (Wildman–Crippen LogP) is 2.28. The lowest BCUT2D eigenvalue weighted by Crippen LogP contribution is -2.25. The van der Waals surface area contributed by atoms with Crippen LogP contribution in [0.1, 0.15) is 23.2 Å². The molecule has 1 saturated carbocycles. The molecule has 3 nitrogen and oxygen atoms in total. The van der Waals surface area contributed by atoms with E-state index in [1.807, 2.05) is 0 Å². The Morgan fingerprint density at radius 3 is 2.88 bits per heavy atom. The van der Waals surface area contributed by atoms with Crippen LogP contribution in [-0.2, 0) is 0 Å². The number of benzene rings is 1. The number of carbonyl (C=O) groups excluding carboxylic acids is 1. The normalized spacial score (nSPS) is 14.9. The van der Waals surface area contributed by atoms with Gasteiger partial charge in [0.15, 0.2) is 5.78 Å². The Hall–Kier alpha value is -1.06. The highest BCUT2D eigenvalue weighted by molar-refractivity contribution is 6.34. The first-order valence-corrected chi connectivity index (χ1v) is 5.68. The average molecular weight is 240 g/mol. The van der Waals surface area contributed by atoms with E-state index >= 15 is 0 Å². The average Bonchev–Trinajstić information content (AvgIpc) is 3.09. The van der Waals surface area contributed by atoms with Gasteiger partial charge in [0.2, 0.25) is 0 Å². The fourth-order valence-corrected chi connectivity index (χ4v) is 1.74. The van der Waals surface area contributed by atoms with Crippen LogP contribution in [0.5, 0.6) is 5.75 Å². The highest BCUT2D eigenvalue weighted by atomic mass is 35.5. The molecule has 0 aliphatic heterocycles. The molecule has 16 heavy (non-hydrogen) atoms. The van der Waals surface area contributed by atoms with Crippen molar-refractivity contribution in [1.29, 1.82) is 0 Å². The number of halogens is 1. The van der Waals surface area contributed by atoms with Gasteiger partial charge in [-0.3, -0.25) is 4.79 Å². The lowest BCUT2D eigenvalue weighted by Gasteiger charge is -2.06. The zero-order valence-electron chi connectivity index (χ0n) is 9.13. The van der Waals surface area contributed by atoms with Crippen LogP contribution < -0.4 is 10.1 Å². The van der Waals surface area contributed by atoms with E-state index in [-0.39, 0.29) is 5.78 Å². The molecule has 0 heterocycles. The van der Waals surface area contributed by atoms with Crippen molar-refractivity contribution in [3.05, 3.63) is 28.8 Å². The molecule has 0 unspecified atom stereocenters. The Bertz CT molecular complexity index is 402. The number of carbonyl (C=O) groups is 1. The highest BCUT2D eigenvalue weighted by Gasteiger charge is 2.22. The molecule has 0 bridgehead atoms. The zero-order chi connectivity index (χ0) is 11.5. The summed E-state index contributed by atoms with van der Waals surface area (Å²) in [6.07, 6.45) is 2.34. The van der Waals surface area contributed by atoms with Gasteiger partial charge < -0.3 is 10.1 Å². The smallest absolute Gasteiger partial charge is 0.178 e. The molecular formula is C12H14ClNO2. The molecule has 1 aromatic carbocycles. The van der Waals surface area contributed by atoms with Gasteiger partial charge in [0, 0.05) is 11.6 Å². The van der Waals surface area contributed by atoms with Crippen LogP contribution in [-0.4, -0.2) is 25.5 Å². The molecule has 0 radical (unpaired) electrons. The third kappa shape index (κ3) is 2.74. The number of ketones is 1. The third-order valence-corrected chi connectivity index (χ3v) is 2.92. The number of nitrogens with one attached hydrogen (secondary N) is 1. The van der Waals surface area contributed by atoms with Crippen molar-refractivity contribution in [3.63, 3.8) is 0 Å². The van der Waals surface area contributed by atoms with Crippen molar-refractivity contribution >= 4 is 17.4 Å². The first-order valence-electron chi connectivity index (χ1n) is 5.31. The summed E-state index contributed by atoms with van der Waals surface area (Å²) >= 11 is 6.01. The summed E-state index contributed by atoms with van der Waals surface area (Å²) in [4.78, 5) is 11.8. The maximum Gasteiger partial charge on any atom is 0.178 e. The Morgan fingerprint density at radius 2 is 2.31 bits per heavy atom. The van der Waals surface area contributed by atoms with Gasteiger partial charge in [-0.2, -0.15) is 0 Å². The first-order chi connectivity index (χ1) is 7.70. The molecule has 2 rings (SSSR count). The van der Waals surface area contributed by atoms with Crippen LogP contribution in [0.15, 0.2) is 18.2 Å². The van der Waals surface area contributed by atoms with E-state index in [2.05, 4.69) is 5.32 Å². The van der Waals surface area contributed by atoms with Gasteiger partial charge in [0.1, 0.15) is 5.75 Å². The summed E-state index contributed by atoms with van der Waals surface area (Å²) in [5.74, 6) is 0.691. The Balaban J connectivity index is 2.03. The molecule has 1 aromatic rings. The van der Waals surface area contributed by atoms with E-state index in [9.17, 15) is 4.79 Å². The Kier molecular flexibility index (Phi) is 3.46. The van der Waals surface area contributed by atoms with Crippen molar-refractivity contribution in [2.75, 3.05) is 13.7 Å². The highest BCUT2D eigenvalue weighted by Crippen LogP contribution is 2.23. The van der Waals surface area contributed by atoms with Gasteiger partial charge in [-0.05, 0) is 31.0 Å². The van der Waals surface area contributed by atoms with Gasteiger partial charge in [0.05, 0.1) is 18.7 Å². The van der Waals surface area contributed by atoms with E-state index in [1.54, 1.807) is 25.3 Å². The molecule has 0 saturated heterocycles. The summed E-state index contributed by atoms with van der Waals surface area (Å²) in [5, 5.41) is 3.62. The van der Waals surface area contributed by atoms with Gasteiger partial charge in [0.25, 0.3) is 0 Å². The monoisotopic (exact) mass is 239 g/mol. The molecule has 1 aliphatic rings. The molecule has 4 heteroatoms. The molecule has 0 spiro atoms. The van der Waals surface area contributed by atoms with Crippen molar-refractivity contribution in [2.45, 2.75) is 18.9 Å². The van der Waals surface area contributed by atoms with Crippen molar-refractivity contribution in [3.8, 4) is 5.75 Å². The van der Waals surface area contributed by atoms with Crippen LogP contribution in [0, 0.1) is 0 Å². The quantitative estimate of drug-likeness (QED) is 0.802. The van der Waals surface area contributed by atoms with E-state index in [4.69, 9.17) is 16.3 Å². The topological polar surface area (TPSA) is 38.3 Å². The van der Waals surface area contributed by atoms with Crippen LogP contribution in [0.2, 0.25) is 5.02 Å².